The molecule has 0 unspecified atom stereocenters. The van der Waals surface area contributed by atoms with Gasteiger partial charge in [-0.2, -0.15) is 0 Å². The highest BCUT2D eigenvalue weighted by Crippen LogP contribution is 2.25. The maximum Gasteiger partial charge on any atom is 0.332 e. The number of carbonyl (C=O) groups excluding carboxylic acids is 2. The van der Waals surface area contributed by atoms with Gasteiger partial charge in [-0.3, -0.25) is 4.79 Å². The first-order chi connectivity index (χ1) is 8.52. The summed E-state index contributed by atoms with van der Waals surface area (Å²) in [5.74, 6) is -1.11. The second-order valence-electron chi connectivity index (χ2n) is 3.27. The number of hydrogen-bond donors (Lipinski definition) is 1. The Bertz CT molecular complexity index is 451. The van der Waals surface area contributed by atoms with Crippen molar-refractivity contribution in [1.29, 1.82) is 0 Å². The summed E-state index contributed by atoms with van der Waals surface area (Å²) in [5.41, 5.74) is 0.397. The lowest BCUT2D eigenvalue weighted by atomic mass is 10.3. The molecule has 0 aliphatic rings. The van der Waals surface area contributed by atoms with Crippen LogP contribution in [0.3, 0.4) is 0 Å². The van der Waals surface area contributed by atoms with Gasteiger partial charge in [-0.05, 0) is 18.2 Å². The highest BCUT2D eigenvalue weighted by atomic mass is 35.5. The number of hydrogen-bond acceptors (Lipinski definition) is 4. The van der Waals surface area contributed by atoms with Crippen molar-refractivity contribution in [2.24, 2.45) is 0 Å². The van der Waals surface area contributed by atoms with Crippen molar-refractivity contribution in [3.8, 4) is 0 Å². The second-order valence-corrected chi connectivity index (χ2v) is 4.11. The van der Waals surface area contributed by atoms with E-state index in [1.165, 1.54) is 13.2 Å². The molecule has 1 aromatic rings. The van der Waals surface area contributed by atoms with Gasteiger partial charge in [-0.25, -0.2) is 4.79 Å². The van der Waals surface area contributed by atoms with E-state index in [1.54, 1.807) is 12.1 Å². The molecule has 0 bridgehead atoms. The highest BCUT2D eigenvalue weighted by Gasteiger charge is 2.09. The zero-order valence-electron chi connectivity index (χ0n) is 9.54. The molecule has 98 valence electrons. The van der Waals surface area contributed by atoms with Crippen molar-refractivity contribution in [1.82, 2.24) is 0 Å². The minimum absolute atomic E-state index is 0.199. The van der Waals surface area contributed by atoms with Crippen LogP contribution in [0, 0.1) is 0 Å². The molecule has 1 aromatic carbocycles. The summed E-state index contributed by atoms with van der Waals surface area (Å²) in [5, 5.41) is 3.25. The van der Waals surface area contributed by atoms with Crippen LogP contribution in [0.15, 0.2) is 18.2 Å². The van der Waals surface area contributed by atoms with E-state index >= 15 is 0 Å². The van der Waals surface area contributed by atoms with Crippen LogP contribution in [-0.4, -0.2) is 32.2 Å². The summed E-state index contributed by atoms with van der Waals surface area (Å²) in [6, 6.07) is 4.63. The number of rotatable bonds is 5. The van der Waals surface area contributed by atoms with E-state index in [-0.39, 0.29) is 6.61 Å². The second kappa shape index (κ2) is 7.20. The smallest absolute Gasteiger partial charge is 0.332 e. The minimum Gasteiger partial charge on any atom is -0.454 e. The quantitative estimate of drug-likeness (QED) is 0.844. The Morgan fingerprint density at radius 1 is 1.28 bits per heavy atom. The van der Waals surface area contributed by atoms with E-state index in [2.05, 4.69) is 14.8 Å². The molecule has 0 radical (unpaired) electrons. The largest absolute Gasteiger partial charge is 0.454 e. The molecule has 0 spiro atoms. The maximum atomic E-state index is 11.4. The van der Waals surface area contributed by atoms with Crippen LogP contribution in [0.2, 0.25) is 10.0 Å². The van der Waals surface area contributed by atoms with E-state index in [4.69, 9.17) is 23.2 Å². The molecule has 5 nitrogen and oxygen atoms in total. The monoisotopic (exact) mass is 291 g/mol. The lowest BCUT2D eigenvalue weighted by molar-refractivity contribution is -0.150. The van der Waals surface area contributed by atoms with Gasteiger partial charge in [0.25, 0.3) is 5.91 Å². The molecule has 0 saturated carbocycles. The van der Waals surface area contributed by atoms with Crippen molar-refractivity contribution < 1.29 is 19.1 Å². The van der Waals surface area contributed by atoms with Crippen LogP contribution in [0.1, 0.15) is 0 Å². The topological polar surface area (TPSA) is 64.6 Å². The van der Waals surface area contributed by atoms with Crippen molar-refractivity contribution in [2.45, 2.75) is 0 Å². The molecule has 1 N–H and O–H groups in total. The number of carbonyl (C=O) groups is 2. The van der Waals surface area contributed by atoms with E-state index in [9.17, 15) is 9.59 Å². The lowest BCUT2D eigenvalue weighted by Crippen LogP contribution is -2.22. The summed E-state index contributed by atoms with van der Waals surface area (Å²) in [6.45, 7) is -0.601. The van der Waals surface area contributed by atoms with Crippen LogP contribution in [0.4, 0.5) is 5.69 Å². The van der Waals surface area contributed by atoms with Gasteiger partial charge in [0.05, 0.1) is 10.7 Å². The number of halogens is 2. The lowest BCUT2D eigenvalue weighted by Gasteiger charge is -2.08. The van der Waals surface area contributed by atoms with E-state index < -0.39 is 18.5 Å². The van der Waals surface area contributed by atoms with Gasteiger partial charge >= 0.3 is 5.97 Å². The predicted octanol–water partition coefficient (Wildman–Crippen LogP) is 2.12. The van der Waals surface area contributed by atoms with Crippen molar-refractivity contribution in [3.63, 3.8) is 0 Å². The summed E-state index contributed by atoms with van der Waals surface area (Å²) >= 11 is 11.6. The third kappa shape index (κ3) is 4.91. The Morgan fingerprint density at radius 3 is 2.61 bits per heavy atom. The molecule has 7 heteroatoms. The van der Waals surface area contributed by atoms with Gasteiger partial charge in [-0.1, -0.05) is 23.2 Å². The Labute approximate surface area is 114 Å². The number of benzene rings is 1. The molecule has 1 rings (SSSR count). The number of methoxy groups -OCH3 is 1. The molecular weight excluding hydrogens is 281 g/mol. The van der Waals surface area contributed by atoms with E-state index in [0.29, 0.717) is 15.7 Å². The molecule has 0 heterocycles. The van der Waals surface area contributed by atoms with Gasteiger partial charge in [0.2, 0.25) is 0 Å². The molecule has 18 heavy (non-hydrogen) atoms. The molecule has 0 atom stereocenters. The molecule has 0 saturated heterocycles. The molecule has 0 fully saturated rings. The number of anilines is 1. The molecule has 0 aliphatic heterocycles. The average molecular weight is 292 g/mol. The third-order valence-electron chi connectivity index (χ3n) is 1.83. The standard InChI is InChI=1S/C11H11Cl2NO4/c1-17-6-11(16)18-5-10(15)14-9-3-2-7(12)4-8(9)13/h2-4H,5-6H2,1H3,(H,14,15). The third-order valence-corrected chi connectivity index (χ3v) is 2.38. The minimum atomic E-state index is -0.616. The van der Waals surface area contributed by atoms with Crippen LogP contribution in [0.25, 0.3) is 0 Å². The molecule has 0 aromatic heterocycles. The van der Waals surface area contributed by atoms with Gasteiger partial charge in [0.15, 0.2) is 6.61 Å². The van der Waals surface area contributed by atoms with E-state index in [1.807, 2.05) is 0 Å². The average Bonchev–Trinajstić information content (AvgIpc) is 2.31. The van der Waals surface area contributed by atoms with Gasteiger partial charge in [0.1, 0.15) is 6.61 Å². The summed E-state index contributed by atoms with van der Waals surface area (Å²) in [4.78, 5) is 22.4. The summed E-state index contributed by atoms with van der Waals surface area (Å²) in [7, 11) is 1.36. The molecule has 1 amide bonds. The van der Waals surface area contributed by atoms with Crippen LogP contribution < -0.4 is 5.32 Å². The van der Waals surface area contributed by atoms with Crippen LogP contribution >= 0.6 is 23.2 Å². The van der Waals surface area contributed by atoms with Crippen molar-refractivity contribution in [3.05, 3.63) is 28.2 Å². The van der Waals surface area contributed by atoms with E-state index in [0.717, 1.165) is 0 Å². The van der Waals surface area contributed by atoms with Crippen LogP contribution in [0.5, 0.6) is 0 Å². The Hall–Kier alpha value is -1.30. The van der Waals surface area contributed by atoms with Crippen molar-refractivity contribution >= 4 is 40.8 Å². The highest BCUT2D eigenvalue weighted by molar-refractivity contribution is 6.36. The number of ether oxygens (including phenoxy) is 2. The zero-order valence-corrected chi connectivity index (χ0v) is 11.0. The first-order valence-electron chi connectivity index (χ1n) is 4.92. The predicted molar refractivity (Wildman–Crippen MR) is 67.9 cm³/mol. The Balaban J connectivity index is 2.47. The van der Waals surface area contributed by atoms with Gasteiger partial charge in [0, 0.05) is 12.1 Å². The fraction of sp³-hybridized carbons (Fsp3) is 0.273. The fourth-order valence-electron chi connectivity index (χ4n) is 1.08. The normalized spacial score (nSPS) is 9.94. The zero-order chi connectivity index (χ0) is 13.5. The fourth-order valence-corrected chi connectivity index (χ4v) is 1.54. The molecular formula is C11H11Cl2NO4. The number of amides is 1. The first-order valence-corrected chi connectivity index (χ1v) is 5.68. The summed E-state index contributed by atoms with van der Waals surface area (Å²) in [6.07, 6.45) is 0. The van der Waals surface area contributed by atoms with Crippen molar-refractivity contribution in [2.75, 3.05) is 25.6 Å². The van der Waals surface area contributed by atoms with Gasteiger partial charge < -0.3 is 14.8 Å². The number of esters is 1. The van der Waals surface area contributed by atoms with Gasteiger partial charge in [-0.15, -0.1) is 0 Å². The Morgan fingerprint density at radius 2 is 2.00 bits per heavy atom. The Kier molecular flexibility index (Phi) is 5.91. The summed E-state index contributed by atoms with van der Waals surface area (Å²) < 4.78 is 9.18. The maximum absolute atomic E-state index is 11.4. The first kappa shape index (κ1) is 14.8. The molecule has 0 aliphatic carbocycles. The van der Waals surface area contributed by atoms with Crippen LogP contribution in [-0.2, 0) is 19.1 Å². The number of nitrogens with one attached hydrogen (secondary N) is 1. The SMILES string of the molecule is COCC(=O)OCC(=O)Nc1ccc(Cl)cc1Cl.